The second kappa shape index (κ2) is 7.64. The largest absolute Gasteiger partial charge is 0.492 e. The number of hydrogen-bond donors (Lipinski definition) is 3. The lowest BCUT2D eigenvalue weighted by molar-refractivity contribution is -0.108. The molecule has 1 heterocycles. The van der Waals surface area contributed by atoms with Gasteiger partial charge in [-0.25, -0.2) is 0 Å². The van der Waals surface area contributed by atoms with E-state index < -0.39 is 0 Å². The van der Waals surface area contributed by atoms with Crippen LogP contribution in [0, 0.1) is 11.3 Å². The molecule has 1 aliphatic heterocycles. The van der Waals surface area contributed by atoms with Crippen molar-refractivity contribution < 1.29 is 14.3 Å². The number of rotatable bonds is 6. The Bertz CT molecular complexity index is 499. The summed E-state index contributed by atoms with van der Waals surface area (Å²) >= 11 is 0. The zero-order valence-corrected chi connectivity index (χ0v) is 12.1. The summed E-state index contributed by atoms with van der Waals surface area (Å²) in [6, 6.07) is 5.52. The van der Waals surface area contributed by atoms with Gasteiger partial charge in [0, 0.05) is 25.9 Å². The smallest absolute Gasteiger partial charge is 0.212 e. The normalized spacial score (nSPS) is 15.3. The first-order valence-corrected chi connectivity index (χ1v) is 7.06. The summed E-state index contributed by atoms with van der Waals surface area (Å²) in [6.07, 6.45) is 2.48. The summed E-state index contributed by atoms with van der Waals surface area (Å²) in [4.78, 5) is 10.6. The van der Waals surface area contributed by atoms with Gasteiger partial charge in [0.15, 0.2) is 0 Å². The van der Waals surface area contributed by atoms with Gasteiger partial charge in [-0.15, -0.1) is 0 Å². The predicted octanol–water partition coefficient (Wildman–Crippen LogP) is 1.61. The topological polar surface area (TPSA) is 83.4 Å². The van der Waals surface area contributed by atoms with Gasteiger partial charge in [0.2, 0.25) is 6.41 Å². The highest BCUT2D eigenvalue weighted by Crippen LogP contribution is 2.27. The molecule has 0 bridgehead atoms. The predicted molar refractivity (Wildman–Crippen MR) is 81.1 cm³/mol. The summed E-state index contributed by atoms with van der Waals surface area (Å²) in [5, 5.41) is 13.3. The molecule has 6 nitrogen and oxygen atoms in total. The van der Waals surface area contributed by atoms with Gasteiger partial charge < -0.3 is 20.1 Å². The van der Waals surface area contributed by atoms with Crippen molar-refractivity contribution in [3.63, 3.8) is 0 Å². The first-order valence-electron chi connectivity index (χ1n) is 7.06. The molecule has 21 heavy (non-hydrogen) atoms. The van der Waals surface area contributed by atoms with Crippen LogP contribution in [-0.2, 0) is 9.53 Å². The lowest BCUT2D eigenvalue weighted by atomic mass is 10.0. The SMILES string of the molecule is CNc1cccc(OCC2CCOCC2)c1C(=N)NC=O. The molecule has 1 amide bonds. The molecule has 2 rings (SSSR count). The maximum absolute atomic E-state index is 10.6. The molecular formula is C15H21N3O3. The van der Waals surface area contributed by atoms with E-state index in [9.17, 15) is 4.79 Å². The fourth-order valence-electron chi connectivity index (χ4n) is 2.37. The Hall–Kier alpha value is -2.08. The molecule has 0 saturated carbocycles. The molecule has 1 fully saturated rings. The minimum absolute atomic E-state index is 0.0249. The van der Waals surface area contributed by atoms with Crippen LogP contribution in [0.1, 0.15) is 18.4 Å². The standard InChI is InChI=1S/C15H21N3O3/c1-17-12-3-2-4-13(14(12)15(16)18-10-19)21-9-11-5-7-20-8-6-11/h2-4,10-11,17H,5-9H2,1H3,(H2,16,18,19). The Morgan fingerprint density at radius 2 is 2.24 bits per heavy atom. The number of carbonyl (C=O) groups excluding carboxylic acids is 1. The minimum Gasteiger partial charge on any atom is -0.492 e. The Morgan fingerprint density at radius 3 is 2.90 bits per heavy atom. The molecular weight excluding hydrogens is 270 g/mol. The summed E-state index contributed by atoms with van der Waals surface area (Å²) < 4.78 is 11.2. The Kier molecular flexibility index (Phi) is 5.57. The van der Waals surface area contributed by atoms with Crippen LogP contribution in [0.4, 0.5) is 5.69 Å². The Labute approximate surface area is 124 Å². The van der Waals surface area contributed by atoms with E-state index in [4.69, 9.17) is 14.9 Å². The van der Waals surface area contributed by atoms with E-state index in [-0.39, 0.29) is 5.84 Å². The van der Waals surface area contributed by atoms with Gasteiger partial charge in [-0.3, -0.25) is 10.2 Å². The van der Waals surface area contributed by atoms with Crippen LogP contribution in [0.2, 0.25) is 0 Å². The fraction of sp³-hybridized carbons (Fsp3) is 0.467. The zero-order chi connectivity index (χ0) is 15.1. The van der Waals surface area contributed by atoms with Gasteiger partial charge in [0.05, 0.1) is 12.2 Å². The van der Waals surface area contributed by atoms with E-state index in [1.165, 1.54) is 0 Å². The minimum atomic E-state index is 0.0249. The molecule has 1 aliphatic rings. The number of ether oxygens (including phenoxy) is 2. The van der Waals surface area contributed by atoms with Crippen molar-refractivity contribution in [2.75, 3.05) is 32.2 Å². The number of carbonyl (C=O) groups is 1. The second-order valence-corrected chi connectivity index (χ2v) is 4.93. The molecule has 1 aromatic carbocycles. The van der Waals surface area contributed by atoms with Crippen molar-refractivity contribution in [3.8, 4) is 5.75 Å². The molecule has 1 saturated heterocycles. The maximum Gasteiger partial charge on any atom is 0.212 e. The maximum atomic E-state index is 10.6. The highest BCUT2D eigenvalue weighted by molar-refractivity contribution is 6.07. The van der Waals surface area contributed by atoms with Gasteiger partial charge in [0.25, 0.3) is 0 Å². The molecule has 0 atom stereocenters. The average molecular weight is 291 g/mol. The van der Waals surface area contributed by atoms with Gasteiger partial charge >= 0.3 is 0 Å². The number of nitrogens with one attached hydrogen (secondary N) is 3. The van der Waals surface area contributed by atoms with Crippen molar-refractivity contribution in [1.82, 2.24) is 5.32 Å². The van der Waals surface area contributed by atoms with E-state index >= 15 is 0 Å². The average Bonchev–Trinajstić information content (AvgIpc) is 2.53. The summed E-state index contributed by atoms with van der Waals surface area (Å²) in [5.74, 6) is 1.10. The molecule has 0 aromatic heterocycles. The number of hydrogen-bond acceptors (Lipinski definition) is 5. The summed E-state index contributed by atoms with van der Waals surface area (Å²) in [5.41, 5.74) is 1.32. The lowest BCUT2D eigenvalue weighted by Crippen LogP contribution is -2.25. The first kappa shape index (κ1) is 15.3. The van der Waals surface area contributed by atoms with Crippen LogP contribution in [0.25, 0.3) is 0 Å². The molecule has 0 radical (unpaired) electrons. The molecule has 6 heteroatoms. The van der Waals surface area contributed by atoms with Crippen LogP contribution in [0.5, 0.6) is 5.75 Å². The summed E-state index contributed by atoms with van der Waals surface area (Å²) in [6.45, 7) is 2.15. The molecule has 1 aromatic rings. The van der Waals surface area contributed by atoms with E-state index in [2.05, 4.69) is 10.6 Å². The third-order valence-electron chi connectivity index (χ3n) is 3.56. The second-order valence-electron chi connectivity index (χ2n) is 4.93. The van der Waals surface area contributed by atoms with Crippen LogP contribution in [0.15, 0.2) is 18.2 Å². The number of amidine groups is 1. The van der Waals surface area contributed by atoms with Crippen molar-refractivity contribution in [3.05, 3.63) is 23.8 Å². The van der Waals surface area contributed by atoms with E-state index in [1.54, 1.807) is 7.05 Å². The van der Waals surface area contributed by atoms with Gasteiger partial charge in [-0.2, -0.15) is 0 Å². The summed E-state index contributed by atoms with van der Waals surface area (Å²) in [7, 11) is 1.77. The number of benzene rings is 1. The molecule has 0 spiro atoms. The monoisotopic (exact) mass is 291 g/mol. The third-order valence-corrected chi connectivity index (χ3v) is 3.56. The van der Waals surface area contributed by atoms with E-state index in [0.717, 1.165) is 31.7 Å². The van der Waals surface area contributed by atoms with Crippen molar-refractivity contribution in [2.45, 2.75) is 12.8 Å². The molecule has 0 unspecified atom stereocenters. The molecule has 3 N–H and O–H groups in total. The van der Waals surface area contributed by atoms with Crippen molar-refractivity contribution >= 4 is 17.9 Å². The highest BCUT2D eigenvalue weighted by Gasteiger charge is 2.18. The van der Waals surface area contributed by atoms with Crippen molar-refractivity contribution in [2.24, 2.45) is 5.92 Å². The Balaban J connectivity index is 2.13. The number of amides is 1. The van der Waals surface area contributed by atoms with Crippen LogP contribution < -0.4 is 15.4 Å². The van der Waals surface area contributed by atoms with Crippen LogP contribution >= 0.6 is 0 Å². The highest BCUT2D eigenvalue weighted by atomic mass is 16.5. The van der Waals surface area contributed by atoms with Gasteiger partial charge in [0.1, 0.15) is 11.6 Å². The zero-order valence-electron chi connectivity index (χ0n) is 12.1. The fourth-order valence-corrected chi connectivity index (χ4v) is 2.37. The lowest BCUT2D eigenvalue weighted by Gasteiger charge is -2.23. The first-order chi connectivity index (χ1) is 10.3. The molecule has 114 valence electrons. The van der Waals surface area contributed by atoms with Crippen LogP contribution in [0.3, 0.4) is 0 Å². The van der Waals surface area contributed by atoms with Gasteiger partial charge in [-0.1, -0.05) is 6.07 Å². The van der Waals surface area contributed by atoms with Crippen molar-refractivity contribution in [1.29, 1.82) is 5.41 Å². The quantitative estimate of drug-likeness (QED) is 0.422. The van der Waals surface area contributed by atoms with E-state index in [0.29, 0.717) is 30.2 Å². The van der Waals surface area contributed by atoms with Gasteiger partial charge in [-0.05, 0) is 30.9 Å². The molecule has 0 aliphatic carbocycles. The number of anilines is 1. The Morgan fingerprint density at radius 1 is 1.48 bits per heavy atom. The van der Waals surface area contributed by atoms with Crippen LogP contribution in [-0.4, -0.2) is 39.1 Å². The van der Waals surface area contributed by atoms with E-state index in [1.807, 2.05) is 18.2 Å². The third kappa shape index (κ3) is 3.95.